The highest BCUT2D eigenvalue weighted by atomic mass is 16.2. The molecule has 2 fully saturated rings. The van der Waals surface area contributed by atoms with E-state index in [1.165, 1.54) is 10.5 Å². The number of benzene rings is 2. The molecule has 2 aliphatic heterocycles. The molecule has 2 heterocycles. The maximum atomic E-state index is 13.2. The van der Waals surface area contributed by atoms with Gasteiger partial charge in [-0.05, 0) is 48.9 Å². The van der Waals surface area contributed by atoms with E-state index in [1.807, 2.05) is 23.1 Å². The molecule has 2 aromatic carbocycles. The van der Waals surface area contributed by atoms with E-state index in [0.717, 1.165) is 39.1 Å². The topological polar surface area (TPSA) is 69.9 Å². The lowest BCUT2D eigenvalue weighted by Crippen LogP contribution is -2.36. The van der Waals surface area contributed by atoms with Gasteiger partial charge in [-0.2, -0.15) is 0 Å². The van der Waals surface area contributed by atoms with Gasteiger partial charge in [0.1, 0.15) is 0 Å². The highest BCUT2D eigenvalue weighted by molar-refractivity contribution is 6.04. The molecule has 30 heavy (non-hydrogen) atoms. The Morgan fingerprint density at radius 1 is 1.00 bits per heavy atom. The lowest BCUT2D eigenvalue weighted by atomic mass is 10.0. The van der Waals surface area contributed by atoms with Gasteiger partial charge in [0.05, 0.1) is 11.3 Å². The molecule has 0 aromatic heterocycles. The first kappa shape index (κ1) is 20.4. The minimum atomic E-state index is -0.573. The fraction of sp³-hybridized carbons (Fsp3) is 0.375. The Labute approximate surface area is 178 Å². The van der Waals surface area contributed by atoms with Gasteiger partial charge in [0.15, 0.2) is 0 Å². The summed E-state index contributed by atoms with van der Waals surface area (Å²) in [6.45, 7) is 4.69. The average Bonchev–Trinajstić information content (AvgIpc) is 3.32. The van der Waals surface area contributed by atoms with Crippen LogP contribution in [0.1, 0.15) is 22.3 Å². The predicted octanol–water partition coefficient (Wildman–Crippen LogP) is 2.85. The number of carbonyl (C=O) groups excluding carboxylic acids is 2. The largest absolute Gasteiger partial charge is 0.351 e. The van der Waals surface area contributed by atoms with Crippen molar-refractivity contribution in [1.82, 2.24) is 9.80 Å². The molecule has 4 rings (SSSR count). The molecule has 6 nitrogen and oxygen atoms in total. The van der Waals surface area contributed by atoms with E-state index in [-0.39, 0.29) is 5.91 Å². The number of primary amides is 1. The van der Waals surface area contributed by atoms with Crippen molar-refractivity contribution in [2.24, 2.45) is 17.6 Å². The van der Waals surface area contributed by atoms with Crippen LogP contribution in [0.15, 0.2) is 54.6 Å². The Kier molecular flexibility index (Phi) is 6.04. The van der Waals surface area contributed by atoms with E-state index < -0.39 is 6.03 Å². The third kappa shape index (κ3) is 4.33. The third-order valence-corrected chi connectivity index (χ3v) is 6.30. The normalized spacial score (nSPS) is 20.9. The van der Waals surface area contributed by atoms with Crippen molar-refractivity contribution in [3.05, 3.63) is 72.1 Å². The van der Waals surface area contributed by atoms with Crippen LogP contribution >= 0.6 is 0 Å². The van der Waals surface area contributed by atoms with Crippen LogP contribution in [0.4, 0.5) is 10.5 Å². The summed E-state index contributed by atoms with van der Waals surface area (Å²) in [5.41, 5.74) is 7.78. The number of nitrogens with two attached hydrogens (primary N) is 1. The highest BCUT2D eigenvalue weighted by Crippen LogP contribution is 2.33. The highest BCUT2D eigenvalue weighted by Gasteiger charge is 2.41. The second-order valence-electron chi connectivity index (χ2n) is 8.31. The zero-order valence-electron chi connectivity index (χ0n) is 17.4. The quantitative estimate of drug-likeness (QED) is 0.803. The zero-order valence-corrected chi connectivity index (χ0v) is 17.4. The van der Waals surface area contributed by atoms with E-state index in [9.17, 15) is 9.59 Å². The number of fused-ring (bicyclic) bond motifs is 1. The molecular formula is C24H29N4O2. The van der Waals surface area contributed by atoms with Gasteiger partial charge < -0.3 is 15.5 Å². The van der Waals surface area contributed by atoms with Crippen molar-refractivity contribution < 1.29 is 9.59 Å². The second-order valence-corrected chi connectivity index (χ2v) is 8.31. The summed E-state index contributed by atoms with van der Waals surface area (Å²) in [6.07, 6.45) is 3.33. The summed E-state index contributed by atoms with van der Waals surface area (Å²) in [7, 11) is 1.59. The third-order valence-electron chi connectivity index (χ3n) is 6.30. The van der Waals surface area contributed by atoms with Gasteiger partial charge in [0.25, 0.3) is 5.91 Å². The van der Waals surface area contributed by atoms with Crippen LogP contribution in [0, 0.1) is 18.3 Å². The van der Waals surface area contributed by atoms with Crippen molar-refractivity contribution >= 4 is 17.6 Å². The van der Waals surface area contributed by atoms with Gasteiger partial charge in [-0.3, -0.25) is 9.69 Å². The fourth-order valence-corrected chi connectivity index (χ4v) is 4.68. The van der Waals surface area contributed by atoms with Crippen molar-refractivity contribution in [1.29, 1.82) is 0 Å². The summed E-state index contributed by atoms with van der Waals surface area (Å²) in [5, 5.41) is 0. The summed E-state index contributed by atoms with van der Waals surface area (Å²) in [6, 6.07) is 17.0. The van der Waals surface area contributed by atoms with E-state index in [0.29, 0.717) is 23.1 Å². The molecule has 0 saturated carbocycles. The first-order valence-corrected chi connectivity index (χ1v) is 10.5. The van der Waals surface area contributed by atoms with Crippen LogP contribution in [0.25, 0.3) is 0 Å². The zero-order chi connectivity index (χ0) is 21.1. The van der Waals surface area contributed by atoms with E-state index in [1.54, 1.807) is 19.2 Å². The minimum Gasteiger partial charge on any atom is -0.351 e. The number of para-hydroxylation sites is 1. The number of rotatable bonds is 6. The summed E-state index contributed by atoms with van der Waals surface area (Å²) in [5.74, 6) is 1.02. The Bertz CT molecular complexity index is 887. The van der Waals surface area contributed by atoms with Crippen LogP contribution in [0.2, 0.25) is 0 Å². The Hall–Kier alpha value is -2.86. The van der Waals surface area contributed by atoms with Crippen LogP contribution in [-0.2, 0) is 0 Å². The van der Waals surface area contributed by atoms with Crippen molar-refractivity contribution in [2.75, 3.05) is 44.7 Å². The van der Waals surface area contributed by atoms with Gasteiger partial charge in [-0.1, -0.05) is 42.5 Å². The number of likely N-dealkylation sites (tertiary alicyclic amines) is 2. The Morgan fingerprint density at radius 2 is 1.63 bits per heavy atom. The summed E-state index contributed by atoms with van der Waals surface area (Å²) in [4.78, 5) is 30.5. The summed E-state index contributed by atoms with van der Waals surface area (Å²) >= 11 is 0. The molecule has 1 radical (unpaired) electrons. The first-order chi connectivity index (χ1) is 14.5. The summed E-state index contributed by atoms with van der Waals surface area (Å²) < 4.78 is 0. The molecule has 0 aliphatic carbocycles. The minimum absolute atomic E-state index is 0.0166. The molecule has 0 spiro atoms. The van der Waals surface area contributed by atoms with Crippen LogP contribution < -0.4 is 10.6 Å². The van der Waals surface area contributed by atoms with Crippen molar-refractivity contribution in [3.63, 3.8) is 0 Å². The lowest BCUT2D eigenvalue weighted by Gasteiger charge is -2.24. The first-order valence-electron chi connectivity index (χ1n) is 10.5. The van der Waals surface area contributed by atoms with Gasteiger partial charge in [-0.25, -0.2) is 4.79 Å². The van der Waals surface area contributed by atoms with Gasteiger partial charge in [0.2, 0.25) is 0 Å². The number of carbonyl (C=O) groups is 2. The molecule has 1 unspecified atom stereocenters. The smallest absolute Gasteiger partial charge is 0.319 e. The molecule has 2 aliphatic rings. The molecule has 2 atom stereocenters. The van der Waals surface area contributed by atoms with Crippen LogP contribution in [0.5, 0.6) is 0 Å². The van der Waals surface area contributed by atoms with Crippen molar-refractivity contribution in [2.45, 2.75) is 6.42 Å². The van der Waals surface area contributed by atoms with Gasteiger partial charge in [-0.15, -0.1) is 0 Å². The molecule has 3 amide bonds. The molecule has 0 bridgehead atoms. The van der Waals surface area contributed by atoms with Gasteiger partial charge >= 0.3 is 6.03 Å². The standard InChI is InChI=1S/C24H29N4O2/c1-26(24(25)30)22-12-6-5-11-21(22)23(29)28-16-19-14-27(15-20(19)17-28)13-7-10-18-8-3-2-4-9-18/h2-6,8-12,19-20H,7,13-17H2,1H3,(H2,25,30)/t19-,20?/m0/s1. The number of anilines is 1. The fourth-order valence-electron chi connectivity index (χ4n) is 4.68. The average molecular weight is 406 g/mol. The number of hydrogen-bond donors (Lipinski definition) is 1. The van der Waals surface area contributed by atoms with Gasteiger partial charge in [0, 0.05) is 33.2 Å². The number of nitrogens with zero attached hydrogens (tertiary/aromatic N) is 3. The monoisotopic (exact) mass is 405 g/mol. The maximum Gasteiger partial charge on any atom is 0.319 e. The molecule has 2 aromatic rings. The molecule has 157 valence electrons. The van der Waals surface area contributed by atoms with E-state index >= 15 is 0 Å². The lowest BCUT2D eigenvalue weighted by molar-refractivity contribution is 0.0775. The Balaban J connectivity index is 1.31. The molecule has 2 N–H and O–H groups in total. The van der Waals surface area contributed by atoms with E-state index in [2.05, 4.69) is 35.6 Å². The number of urea groups is 1. The van der Waals surface area contributed by atoms with E-state index in [4.69, 9.17) is 5.73 Å². The predicted molar refractivity (Wildman–Crippen MR) is 118 cm³/mol. The van der Waals surface area contributed by atoms with Crippen LogP contribution in [-0.4, -0.2) is 61.5 Å². The second kappa shape index (κ2) is 8.88. The SMILES string of the molecule is CN(C(N)=O)c1ccccc1C(=O)N1CC2CN(CC[CH]c3ccccc3)C[C@H]2C1. The number of amides is 3. The van der Waals surface area contributed by atoms with Crippen molar-refractivity contribution in [3.8, 4) is 0 Å². The number of hydrogen-bond acceptors (Lipinski definition) is 3. The molecular weight excluding hydrogens is 376 g/mol. The Morgan fingerprint density at radius 3 is 2.30 bits per heavy atom. The molecule has 2 saturated heterocycles. The maximum absolute atomic E-state index is 13.2. The van der Waals surface area contributed by atoms with Crippen LogP contribution in [0.3, 0.4) is 0 Å². The molecule has 6 heteroatoms.